The van der Waals surface area contributed by atoms with E-state index in [9.17, 15) is 0 Å². The minimum atomic E-state index is 0.233. The van der Waals surface area contributed by atoms with Crippen LogP contribution in [0.4, 0.5) is 5.82 Å². The van der Waals surface area contributed by atoms with Gasteiger partial charge in [0.1, 0.15) is 0 Å². The van der Waals surface area contributed by atoms with Crippen molar-refractivity contribution < 1.29 is 4.74 Å². The maximum Gasteiger partial charge on any atom is 0.168 e. The molecule has 1 aromatic heterocycles. The van der Waals surface area contributed by atoms with E-state index in [1.165, 1.54) is 12.8 Å². The summed E-state index contributed by atoms with van der Waals surface area (Å²) in [4.78, 5) is 4.21. The van der Waals surface area contributed by atoms with Crippen molar-refractivity contribution in [3.05, 3.63) is 18.3 Å². The smallest absolute Gasteiger partial charge is 0.168 e. The van der Waals surface area contributed by atoms with Crippen LogP contribution in [-0.2, 0) is 0 Å². The first-order valence-corrected chi connectivity index (χ1v) is 5.29. The number of hydrogen-bond donors (Lipinski definition) is 2. The highest BCUT2D eigenvalue weighted by atomic mass is 16.5. The number of nitrogens with two attached hydrogens (primary N) is 1. The number of nitrogens with zero attached hydrogens (tertiary/aromatic N) is 1. The number of rotatable bonds is 5. The average molecular weight is 207 g/mol. The average Bonchev–Trinajstić information content (AvgIpc) is 3.10. The molecule has 4 nitrogen and oxygen atoms in total. The lowest BCUT2D eigenvalue weighted by atomic mass is 10.2. The molecule has 0 saturated heterocycles. The Morgan fingerprint density at radius 1 is 1.67 bits per heavy atom. The molecular formula is C11H17N3O. The molecule has 1 heterocycles. The number of hydrogen-bond acceptors (Lipinski definition) is 4. The molecule has 1 fully saturated rings. The lowest BCUT2D eigenvalue weighted by molar-refractivity contribution is 0.414. The third kappa shape index (κ3) is 2.59. The van der Waals surface area contributed by atoms with Crippen LogP contribution in [0.2, 0.25) is 0 Å². The van der Waals surface area contributed by atoms with Crippen LogP contribution in [0.15, 0.2) is 18.3 Å². The van der Waals surface area contributed by atoms with Crippen molar-refractivity contribution in [1.82, 2.24) is 4.98 Å². The third-order valence-corrected chi connectivity index (χ3v) is 2.72. The Bertz CT molecular complexity index is 325. The van der Waals surface area contributed by atoms with E-state index in [1.807, 2.05) is 12.1 Å². The quantitative estimate of drug-likeness (QED) is 0.762. The summed E-state index contributed by atoms with van der Waals surface area (Å²) in [5.74, 6) is 2.24. The fourth-order valence-corrected chi connectivity index (χ4v) is 1.59. The van der Waals surface area contributed by atoms with Crippen molar-refractivity contribution in [3.63, 3.8) is 0 Å². The summed E-state index contributed by atoms with van der Waals surface area (Å²) in [7, 11) is 1.64. The molecule has 82 valence electrons. The number of aromatic nitrogens is 1. The topological polar surface area (TPSA) is 60.2 Å². The predicted octanol–water partition coefficient (Wildman–Crippen LogP) is 1.24. The van der Waals surface area contributed by atoms with Gasteiger partial charge in [-0.2, -0.15) is 0 Å². The summed E-state index contributed by atoms with van der Waals surface area (Å²) in [5, 5.41) is 3.22. The molecule has 1 aromatic rings. The van der Waals surface area contributed by atoms with Gasteiger partial charge in [-0.05, 0) is 30.9 Å². The van der Waals surface area contributed by atoms with Crippen LogP contribution in [0.3, 0.4) is 0 Å². The van der Waals surface area contributed by atoms with Gasteiger partial charge in [-0.15, -0.1) is 0 Å². The summed E-state index contributed by atoms with van der Waals surface area (Å²) in [6.07, 6.45) is 4.28. The standard InChI is InChI=1S/C11H17N3O/c1-15-10-3-2-6-13-11(10)14-7-9(12)8-4-5-8/h2-3,6,8-9H,4-5,7,12H2,1H3,(H,13,14). The van der Waals surface area contributed by atoms with Crippen LogP contribution >= 0.6 is 0 Å². The number of pyridine rings is 1. The van der Waals surface area contributed by atoms with Gasteiger partial charge in [0, 0.05) is 18.8 Å². The summed E-state index contributed by atoms with van der Waals surface area (Å²) >= 11 is 0. The Kier molecular flexibility index (Phi) is 3.06. The van der Waals surface area contributed by atoms with Crippen LogP contribution in [0.25, 0.3) is 0 Å². The number of ether oxygens (including phenoxy) is 1. The van der Waals surface area contributed by atoms with E-state index in [-0.39, 0.29) is 6.04 Å². The van der Waals surface area contributed by atoms with E-state index in [2.05, 4.69) is 10.3 Å². The Morgan fingerprint density at radius 3 is 3.13 bits per heavy atom. The van der Waals surface area contributed by atoms with E-state index in [0.29, 0.717) is 5.92 Å². The minimum Gasteiger partial charge on any atom is -0.493 e. The third-order valence-electron chi connectivity index (χ3n) is 2.72. The molecular weight excluding hydrogens is 190 g/mol. The van der Waals surface area contributed by atoms with E-state index >= 15 is 0 Å². The van der Waals surface area contributed by atoms with Crippen LogP contribution in [0.1, 0.15) is 12.8 Å². The van der Waals surface area contributed by atoms with E-state index in [1.54, 1.807) is 13.3 Å². The molecule has 1 aliphatic carbocycles. The minimum absolute atomic E-state index is 0.233. The van der Waals surface area contributed by atoms with Gasteiger partial charge in [-0.3, -0.25) is 0 Å². The first-order valence-electron chi connectivity index (χ1n) is 5.29. The Hall–Kier alpha value is -1.29. The molecule has 0 spiro atoms. The molecule has 0 aromatic carbocycles. The lowest BCUT2D eigenvalue weighted by Crippen LogP contribution is -2.31. The predicted molar refractivity (Wildman–Crippen MR) is 60.0 cm³/mol. The largest absolute Gasteiger partial charge is 0.493 e. The van der Waals surface area contributed by atoms with Crippen molar-refractivity contribution in [2.24, 2.45) is 11.7 Å². The Balaban J connectivity index is 1.91. The van der Waals surface area contributed by atoms with Gasteiger partial charge >= 0.3 is 0 Å². The molecule has 0 aliphatic heterocycles. The van der Waals surface area contributed by atoms with Crippen LogP contribution in [-0.4, -0.2) is 24.7 Å². The molecule has 1 aliphatic rings. The monoisotopic (exact) mass is 207 g/mol. The number of methoxy groups -OCH3 is 1. The molecule has 3 N–H and O–H groups in total. The van der Waals surface area contributed by atoms with Crippen molar-refractivity contribution in [2.45, 2.75) is 18.9 Å². The van der Waals surface area contributed by atoms with E-state index in [0.717, 1.165) is 18.1 Å². The Labute approximate surface area is 89.8 Å². The second-order valence-electron chi connectivity index (χ2n) is 3.94. The SMILES string of the molecule is COc1cccnc1NCC(N)C1CC1. The normalized spacial score (nSPS) is 17.2. The molecule has 0 radical (unpaired) electrons. The number of nitrogens with one attached hydrogen (secondary N) is 1. The van der Waals surface area contributed by atoms with Gasteiger partial charge in [0.15, 0.2) is 11.6 Å². The second kappa shape index (κ2) is 4.49. The van der Waals surface area contributed by atoms with Crippen LogP contribution in [0.5, 0.6) is 5.75 Å². The molecule has 1 saturated carbocycles. The zero-order chi connectivity index (χ0) is 10.7. The van der Waals surface area contributed by atoms with Gasteiger partial charge in [0.05, 0.1) is 7.11 Å². The van der Waals surface area contributed by atoms with Crippen molar-refractivity contribution >= 4 is 5.82 Å². The number of anilines is 1. The summed E-state index contributed by atoms with van der Waals surface area (Å²) < 4.78 is 5.19. The highest BCUT2D eigenvalue weighted by Gasteiger charge is 2.28. The highest BCUT2D eigenvalue weighted by molar-refractivity contribution is 5.49. The van der Waals surface area contributed by atoms with Crippen LogP contribution in [0, 0.1) is 5.92 Å². The molecule has 0 bridgehead atoms. The van der Waals surface area contributed by atoms with E-state index < -0.39 is 0 Å². The molecule has 4 heteroatoms. The molecule has 1 atom stereocenters. The summed E-state index contributed by atoms with van der Waals surface area (Å²) in [6, 6.07) is 3.97. The molecule has 0 amide bonds. The Morgan fingerprint density at radius 2 is 2.47 bits per heavy atom. The fraction of sp³-hybridized carbons (Fsp3) is 0.545. The zero-order valence-electron chi connectivity index (χ0n) is 8.94. The molecule has 15 heavy (non-hydrogen) atoms. The van der Waals surface area contributed by atoms with Crippen molar-refractivity contribution in [1.29, 1.82) is 0 Å². The lowest BCUT2D eigenvalue weighted by Gasteiger charge is -2.13. The van der Waals surface area contributed by atoms with Crippen molar-refractivity contribution in [2.75, 3.05) is 19.0 Å². The fourth-order valence-electron chi connectivity index (χ4n) is 1.59. The molecule has 1 unspecified atom stereocenters. The summed E-state index contributed by atoms with van der Waals surface area (Å²) in [5.41, 5.74) is 5.99. The maximum atomic E-state index is 5.99. The van der Waals surface area contributed by atoms with Gasteiger partial charge in [-0.25, -0.2) is 4.98 Å². The van der Waals surface area contributed by atoms with E-state index in [4.69, 9.17) is 10.5 Å². The molecule has 2 rings (SSSR count). The first kappa shape index (κ1) is 10.2. The van der Waals surface area contributed by atoms with Crippen molar-refractivity contribution in [3.8, 4) is 5.75 Å². The van der Waals surface area contributed by atoms with Gasteiger partial charge < -0.3 is 15.8 Å². The summed E-state index contributed by atoms with van der Waals surface area (Å²) in [6.45, 7) is 0.762. The first-order chi connectivity index (χ1) is 7.31. The zero-order valence-corrected chi connectivity index (χ0v) is 8.94. The highest BCUT2D eigenvalue weighted by Crippen LogP contribution is 2.31. The second-order valence-corrected chi connectivity index (χ2v) is 3.94. The van der Waals surface area contributed by atoms with Gasteiger partial charge in [0.25, 0.3) is 0 Å². The van der Waals surface area contributed by atoms with Crippen LogP contribution < -0.4 is 15.8 Å². The van der Waals surface area contributed by atoms with Gasteiger partial charge in [-0.1, -0.05) is 0 Å². The van der Waals surface area contributed by atoms with Gasteiger partial charge in [0.2, 0.25) is 0 Å². The maximum absolute atomic E-state index is 5.99.